The summed E-state index contributed by atoms with van der Waals surface area (Å²) in [7, 11) is 0. The zero-order valence-electron chi connectivity index (χ0n) is 7.67. The van der Waals surface area contributed by atoms with E-state index in [0.717, 1.165) is 31.6 Å². The largest absolute Gasteiger partial charge is 0.326 e. The summed E-state index contributed by atoms with van der Waals surface area (Å²) in [5.74, 6) is 0. The highest BCUT2D eigenvalue weighted by Crippen LogP contribution is 2.33. The van der Waals surface area contributed by atoms with Gasteiger partial charge in [0.15, 0.2) is 0 Å². The van der Waals surface area contributed by atoms with E-state index in [1.807, 2.05) is 5.38 Å². The van der Waals surface area contributed by atoms with Crippen LogP contribution >= 0.6 is 34.5 Å². The standard InChI is InChI=1S/C9H12Cl2N2S/c10-8-6(5-14-9(8)11)3-13-2-1-7(12)4-13/h5,7H,1-4,12H2. The summed E-state index contributed by atoms with van der Waals surface area (Å²) in [6.07, 6.45) is 1.08. The lowest BCUT2D eigenvalue weighted by Crippen LogP contribution is -2.26. The van der Waals surface area contributed by atoms with Crippen molar-refractivity contribution in [2.24, 2.45) is 5.73 Å². The van der Waals surface area contributed by atoms with Gasteiger partial charge in [-0.1, -0.05) is 23.2 Å². The van der Waals surface area contributed by atoms with Crippen molar-refractivity contribution in [3.63, 3.8) is 0 Å². The Labute approximate surface area is 97.6 Å². The molecule has 1 aromatic heterocycles. The molecular weight excluding hydrogens is 239 g/mol. The topological polar surface area (TPSA) is 29.3 Å². The molecule has 0 saturated carbocycles. The SMILES string of the molecule is NC1CCN(Cc2csc(Cl)c2Cl)C1. The van der Waals surface area contributed by atoms with Gasteiger partial charge in [0, 0.05) is 25.7 Å². The summed E-state index contributed by atoms with van der Waals surface area (Å²) in [4.78, 5) is 2.31. The number of nitrogens with two attached hydrogens (primary N) is 1. The van der Waals surface area contributed by atoms with Gasteiger partial charge in [0.2, 0.25) is 0 Å². The van der Waals surface area contributed by atoms with E-state index in [-0.39, 0.29) is 0 Å². The molecule has 2 heterocycles. The monoisotopic (exact) mass is 250 g/mol. The molecule has 2 nitrogen and oxygen atoms in total. The van der Waals surface area contributed by atoms with Crippen LogP contribution in [0.2, 0.25) is 9.36 Å². The third kappa shape index (κ3) is 2.23. The normalized spacial score (nSPS) is 23.2. The second kappa shape index (κ2) is 4.37. The Kier molecular flexibility index (Phi) is 3.34. The van der Waals surface area contributed by atoms with E-state index in [0.29, 0.717) is 15.4 Å². The predicted molar refractivity (Wildman–Crippen MR) is 62.2 cm³/mol. The maximum absolute atomic E-state index is 6.04. The molecule has 0 aliphatic carbocycles. The van der Waals surface area contributed by atoms with Crippen LogP contribution in [0.25, 0.3) is 0 Å². The van der Waals surface area contributed by atoms with E-state index in [1.54, 1.807) is 0 Å². The molecular formula is C9H12Cl2N2S. The molecule has 1 aromatic rings. The van der Waals surface area contributed by atoms with E-state index >= 15 is 0 Å². The first-order valence-electron chi connectivity index (χ1n) is 4.56. The number of hydrogen-bond donors (Lipinski definition) is 1. The van der Waals surface area contributed by atoms with Gasteiger partial charge in [0.05, 0.1) is 5.02 Å². The Morgan fingerprint density at radius 3 is 2.86 bits per heavy atom. The molecule has 2 rings (SSSR count). The lowest BCUT2D eigenvalue weighted by atomic mass is 10.3. The molecule has 14 heavy (non-hydrogen) atoms. The second-order valence-corrected chi connectivity index (χ2v) is 5.49. The van der Waals surface area contributed by atoms with Gasteiger partial charge < -0.3 is 5.73 Å². The number of hydrogen-bond acceptors (Lipinski definition) is 3. The summed E-state index contributed by atoms with van der Waals surface area (Å²) in [5, 5.41) is 2.73. The minimum absolute atomic E-state index is 0.322. The fraction of sp³-hybridized carbons (Fsp3) is 0.556. The highest BCUT2D eigenvalue weighted by atomic mass is 35.5. The van der Waals surface area contributed by atoms with Gasteiger partial charge in [-0.2, -0.15) is 0 Å². The van der Waals surface area contributed by atoms with Crippen molar-refractivity contribution in [3.05, 3.63) is 20.3 Å². The maximum Gasteiger partial charge on any atom is 0.112 e. The van der Waals surface area contributed by atoms with E-state index in [4.69, 9.17) is 28.9 Å². The van der Waals surface area contributed by atoms with Gasteiger partial charge in [-0.25, -0.2) is 0 Å². The lowest BCUT2D eigenvalue weighted by molar-refractivity contribution is 0.327. The lowest BCUT2D eigenvalue weighted by Gasteiger charge is -2.14. The Hall–Kier alpha value is 0.200. The number of thiophene rings is 1. The molecule has 1 fully saturated rings. The summed E-state index contributed by atoms with van der Waals surface area (Å²) in [5.41, 5.74) is 6.95. The van der Waals surface area contributed by atoms with Crippen LogP contribution in [0.5, 0.6) is 0 Å². The van der Waals surface area contributed by atoms with E-state index in [9.17, 15) is 0 Å². The van der Waals surface area contributed by atoms with Crippen LogP contribution in [0.1, 0.15) is 12.0 Å². The third-order valence-electron chi connectivity index (χ3n) is 2.46. The zero-order chi connectivity index (χ0) is 10.1. The fourth-order valence-electron chi connectivity index (χ4n) is 1.71. The van der Waals surface area contributed by atoms with E-state index < -0.39 is 0 Å². The van der Waals surface area contributed by atoms with Crippen LogP contribution < -0.4 is 5.73 Å². The van der Waals surface area contributed by atoms with Crippen molar-refractivity contribution in [2.45, 2.75) is 19.0 Å². The first-order chi connectivity index (χ1) is 6.66. The van der Waals surface area contributed by atoms with E-state index in [1.165, 1.54) is 11.3 Å². The van der Waals surface area contributed by atoms with Crippen molar-refractivity contribution < 1.29 is 0 Å². The van der Waals surface area contributed by atoms with Crippen LogP contribution in [0.4, 0.5) is 0 Å². The maximum atomic E-state index is 6.04. The van der Waals surface area contributed by atoms with Crippen molar-refractivity contribution in [1.29, 1.82) is 0 Å². The Morgan fingerprint density at radius 2 is 2.36 bits per heavy atom. The van der Waals surface area contributed by atoms with E-state index in [2.05, 4.69) is 4.90 Å². The highest BCUT2D eigenvalue weighted by Gasteiger charge is 2.20. The molecule has 5 heteroatoms. The molecule has 0 radical (unpaired) electrons. The first kappa shape index (κ1) is 10.7. The minimum Gasteiger partial charge on any atom is -0.326 e. The Balaban J connectivity index is 2.01. The molecule has 0 spiro atoms. The van der Waals surface area contributed by atoms with Gasteiger partial charge in [-0.3, -0.25) is 4.90 Å². The molecule has 0 bridgehead atoms. The Morgan fingerprint density at radius 1 is 1.57 bits per heavy atom. The summed E-state index contributed by atoms with van der Waals surface area (Å²) in [6.45, 7) is 2.89. The smallest absolute Gasteiger partial charge is 0.112 e. The molecule has 1 saturated heterocycles. The number of likely N-dealkylation sites (tertiary alicyclic amines) is 1. The highest BCUT2D eigenvalue weighted by molar-refractivity contribution is 7.15. The quantitative estimate of drug-likeness (QED) is 0.875. The van der Waals surface area contributed by atoms with Crippen LogP contribution in [0.3, 0.4) is 0 Å². The summed E-state index contributed by atoms with van der Waals surface area (Å²) in [6, 6.07) is 0.322. The van der Waals surface area contributed by atoms with Crippen molar-refractivity contribution >= 4 is 34.5 Å². The molecule has 2 N–H and O–H groups in total. The Bertz CT molecular complexity index is 327. The third-order valence-corrected chi connectivity index (χ3v) is 4.37. The zero-order valence-corrected chi connectivity index (χ0v) is 10.0. The van der Waals surface area contributed by atoms with Crippen LogP contribution in [0, 0.1) is 0 Å². The molecule has 0 amide bonds. The van der Waals surface area contributed by atoms with Gasteiger partial charge in [-0.05, 0) is 17.4 Å². The molecule has 1 unspecified atom stereocenters. The average molecular weight is 251 g/mol. The van der Waals surface area contributed by atoms with Gasteiger partial charge in [0.1, 0.15) is 4.34 Å². The number of halogens is 2. The first-order valence-corrected chi connectivity index (χ1v) is 6.19. The molecule has 1 aliphatic rings. The van der Waals surface area contributed by atoms with Crippen LogP contribution in [-0.4, -0.2) is 24.0 Å². The van der Waals surface area contributed by atoms with Crippen molar-refractivity contribution in [1.82, 2.24) is 4.90 Å². The fourth-order valence-corrected chi connectivity index (χ4v) is 2.95. The molecule has 1 atom stereocenters. The number of nitrogens with zero attached hydrogens (tertiary/aromatic N) is 1. The van der Waals surface area contributed by atoms with Gasteiger partial charge in [0.25, 0.3) is 0 Å². The van der Waals surface area contributed by atoms with Crippen molar-refractivity contribution in [3.8, 4) is 0 Å². The van der Waals surface area contributed by atoms with Gasteiger partial charge in [-0.15, -0.1) is 11.3 Å². The van der Waals surface area contributed by atoms with Gasteiger partial charge >= 0.3 is 0 Å². The number of rotatable bonds is 2. The van der Waals surface area contributed by atoms with Crippen LogP contribution in [0.15, 0.2) is 5.38 Å². The molecule has 78 valence electrons. The average Bonchev–Trinajstić information content (AvgIpc) is 2.67. The van der Waals surface area contributed by atoms with Crippen molar-refractivity contribution in [2.75, 3.05) is 13.1 Å². The summed E-state index contributed by atoms with van der Waals surface area (Å²) < 4.78 is 0.685. The molecule has 0 aromatic carbocycles. The predicted octanol–water partition coefficient (Wildman–Crippen LogP) is 2.59. The minimum atomic E-state index is 0.322. The van der Waals surface area contributed by atoms with Crippen LogP contribution in [-0.2, 0) is 6.54 Å². The summed E-state index contributed by atoms with van der Waals surface area (Å²) >= 11 is 13.4. The second-order valence-electron chi connectivity index (χ2n) is 3.63. The molecule has 1 aliphatic heterocycles.